The van der Waals surface area contributed by atoms with Crippen LogP contribution in [0.25, 0.3) is 0 Å². The van der Waals surface area contributed by atoms with Crippen LogP contribution < -0.4 is 4.74 Å². The molecule has 0 aliphatic heterocycles. The van der Waals surface area contributed by atoms with Gasteiger partial charge in [0.15, 0.2) is 0 Å². The van der Waals surface area contributed by atoms with Crippen molar-refractivity contribution < 1.29 is 14.6 Å². The van der Waals surface area contributed by atoms with E-state index in [4.69, 9.17) is 9.84 Å². The molecule has 0 radical (unpaired) electrons. The highest BCUT2D eigenvalue weighted by molar-refractivity contribution is 7.98. The van der Waals surface area contributed by atoms with E-state index in [0.29, 0.717) is 5.75 Å². The number of hydrogen-bond acceptors (Lipinski definition) is 5. The first-order chi connectivity index (χ1) is 8.70. The van der Waals surface area contributed by atoms with E-state index in [1.807, 2.05) is 24.3 Å². The van der Waals surface area contributed by atoms with Crippen LogP contribution in [0.2, 0.25) is 0 Å². The average Bonchev–Trinajstić information content (AvgIpc) is 2.85. The Labute approximate surface area is 113 Å². The van der Waals surface area contributed by atoms with Crippen molar-refractivity contribution in [1.82, 2.24) is 4.98 Å². The second kappa shape index (κ2) is 5.88. The van der Waals surface area contributed by atoms with Gasteiger partial charge in [-0.2, -0.15) is 0 Å². The molecule has 18 heavy (non-hydrogen) atoms. The minimum absolute atomic E-state index is 0.130. The molecule has 4 nitrogen and oxygen atoms in total. The fraction of sp³-hybridized carbons (Fsp3) is 0.167. The molecule has 0 unspecified atom stereocenters. The van der Waals surface area contributed by atoms with Crippen LogP contribution in [0.3, 0.4) is 0 Å². The maximum Gasteiger partial charge on any atom is 0.365 e. The number of carboxylic acid groups (broad SMARTS) is 1. The number of para-hydroxylation sites is 1. The fourth-order valence-electron chi connectivity index (χ4n) is 1.36. The summed E-state index contributed by atoms with van der Waals surface area (Å²) in [7, 11) is 1.63. The third-order valence-corrected chi connectivity index (χ3v) is 4.15. The second-order valence-corrected chi connectivity index (χ2v) is 5.26. The number of aromatic nitrogens is 1. The number of hydrogen-bond donors (Lipinski definition) is 1. The van der Waals surface area contributed by atoms with Gasteiger partial charge in [0.05, 0.1) is 12.8 Å². The number of benzene rings is 1. The largest absolute Gasteiger partial charge is 0.496 e. The van der Waals surface area contributed by atoms with E-state index in [1.54, 1.807) is 24.3 Å². The molecule has 0 atom stereocenters. The summed E-state index contributed by atoms with van der Waals surface area (Å²) in [6.07, 6.45) is 0. The Morgan fingerprint density at radius 3 is 2.94 bits per heavy atom. The van der Waals surface area contributed by atoms with Crippen LogP contribution in [0, 0.1) is 0 Å². The van der Waals surface area contributed by atoms with E-state index >= 15 is 0 Å². The van der Waals surface area contributed by atoms with E-state index in [9.17, 15) is 4.79 Å². The summed E-state index contributed by atoms with van der Waals surface area (Å²) in [6, 6.07) is 7.71. The topological polar surface area (TPSA) is 59.4 Å². The van der Waals surface area contributed by atoms with Gasteiger partial charge in [0.25, 0.3) is 0 Å². The average molecular weight is 281 g/mol. The van der Waals surface area contributed by atoms with Gasteiger partial charge in [-0.15, -0.1) is 23.1 Å². The van der Waals surface area contributed by atoms with Crippen molar-refractivity contribution in [3.63, 3.8) is 0 Å². The zero-order chi connectivity index (χ0) is 13.0. The normalized spacial score (nSPS) is 10.3. The molecule has 6 heteroatoms. The number of rotatable bonds is 5. The maximum absolute atomic E-state index is 10.7. The Morgan fingerprint density at radius 2 is 2.28 bits per heavy atom. The number of aromatic carboxylic acids is 1. The molecule has 0 bridgehead atoms. The highest BCUT2D eigenvalue weighted by atomic mass is 32.2. The van der Waals surface area contributed by atoms with E-state index in [2.05, 4.69) is 4.98 Å². The summed E-state index contributed by atoms with van der Waals surface area (Å²) in [6.45, 7) is 0. The molecule has 2 aromatic rings. The quantitative estimate of drug-likeness (QED) is 0.853. The van der Waals surface area contributed by atoms with Gasteiger partial charge in [-0.3, -0.25) is 0 Å². The van der Waals surface area contributed by atoms with Crippen LogP contribution in [0.1, 0.15) is 15.5 Å². The molecule has 0 saturated carbocycles. The third kappa shape index (κ3) is 3.02. The van der Waals surface area contributed by atoms with Crippen molar-refractivity contribution in [2.45, 2.75) is 10.6 Å². The smallest absolute Gasteiger partial charge is 0.365 e. The number of thioether (sulfide) groups is 1. The molecule has 94 valence electrons. The summed E-state index contributed by atoms with van der Waals surface area (Å²) in [5, 5.41) is 10.7. The molecule has 0 fully saturated rings. The van der Waals surface area contributed by atoms with Crippen molar-refractivity contribution >= 4 is 29.1 Å². The monoisotopic (exact) mass is 281 g/mol. The Kier molecular flexibility index (Phi) is 4.22. The Morgan fingerprint density at radius 1 is 1.50 bits per heavy atom. The molecular weight excluding hydrogens is 270 g/mol. The van der Waals surface area contributed by atoms with Crippen molar-refractivity contribution in [2.75, 3.05) is 7.11 Å². The van der Waals surface area contributed by atoms with E-state index < -0.39 is 5.97 Å². The number of carboxylic acids is 1. The predicted molar refractivity (Wildman–Crippen MR) is 71.6 cm³/mol. The summed E-state index contributed by atoms with van der Waals surface area (Å²) >= 11 is 2.72. The van der Waals surface area contributed by atoms with Crippen molar-refractivity contribution in [3.8, 4) is 5.75 Å². The summed E-state index contributed by atoms with van der Waals surface area (Å²) in [4.78, 5) is 15.8. The van der Waals surface area contributed by atoms with Gasteiger partial charge in [0, 0.05) is 16.0 Å². The molecule has 2 rings (SSSR count). The molecule has 1 aromatic carbocycles. The lowest BCUT2D eigenvalue weighted by atomic mass is 10.3. The molecule has 1 aromatic heterocycles. The van der Waals surface area contributed by atoms with Crippen molar-refractivity contribution in [3.05, 3.63) is 40.3 Å². The van der Waals surface area contributed by atoms with Crippen molar-refractivity contribution in [1.29, 1.82) is 0 Å². The third-order valence-electron chi connectivity index (χ3n) is 2.18. The van der Waals surface area contributed by atoms with E-state index in [-0.39, 0.29) is 5.01 Å². The van der Waals surface area contributed by atoms with Crippen LogP contribution in [-0.2, 0) is 5.75 Å². The molecule has 0 aliphatic carbocycles. The zero-order valence-corrected chi connectivity index (χ0v) is 11.3. The predicted octanol–water partition coefficient (Wildman–Crippen LogP) is 3.14. The number of methoxy groups -OCH3 is 1. The summed E-state index contributed by atoms with van der Waals surface area (Å²) in [5.74, 6) is 0.467. The summed E-state index contributed by atoms with van der Waals surface area (Å²) in [5.41, 5.74) is 0.772. The lowest BCUT2D eigenvalue weighted by Gasteiger charge is -2.06. The maximum atomic E-state index is 10.7. The molecule has 1 N–H and O–H groups in total. The molecule has 1 heterocycles. The van der Waals surface area contributed by atoms with E-state index in [0.717, 1.165) is 27.7 Å². The lowest BCUT2D eigenvalue weighted by molar-refractivity contribution is 0.0696. The first-order valence-electron chi connectivity index (χ1n) is 5.14. The van der Waals surface area contributed by atoms with Gasteiger partial charge < -0.3 is 9.84 Å². The van der Waals surface area contributed by atoms with Gasteiger partial charge in [0.1, 0.15) is 5.75 Å². The fourth-order valence-corrected chi connectivity index (χ4v) is 3.04. The lowest BCUT2D eigenvalue weighted by Crippen LogP contribution is -1.95. The number of carbonyl (C=O) groups is 1. The van der Waals surface area contributed by atoms with E-state index in [1.165, 1.54) is 0 Å². The Balaban J connectivity index is 2.04. The first-order valence-corrected chi connectivity index (χ1v) is 7.00. The minimum atomic E-state index is -0.978. The first kappa shape index (κ1) is 12.9. The zero-order valence-electron chi connectivity index (χ0n) is 9.62. The molecule has 0 amide bonds. The SMILES string of the molecule is COc1ccccc1SCc1csc(C(=O)O)n1. The summed E-state index contributed by atoms with van der Waals surface area (Å²) < 4.78 is 5.24. The van der Waals surface area contributed by atoms with Crippen LogP contribution in [0.5, 0.6) is 5.75 Å². The molecular formula is C12H11NO3S2. The number of ether oxygens (including phenoxy) is 1. The van der Waals surface area contributed by atoms with Crippen LogP contribution in [0.4, 0.5) is 0 Å². The minimum Gasteiger partial charge on any atom is -0.496 e. The van der Waals surface area contributed by atoms with Crippen LogP contribution >= 0.6 is 23.1 Å². The molecule has 0 saturated heterocycles. The van der Waals surface area contributed by atoms with Crippen LogP contribution in [0.15, 0.2) is 34.5 Å². The van der Waals surface area contributed by atoms with Gasteiger partial charge >= 0.3 is 5.97 Å². The molecule has 0 aliphatic rings. The van der Waals surface area contributed by atoms with Gasteiger partial charge in [-0.1, -0.05) is 12.1 Å². The van der Waals surface area contributed by atoms with Gasteiger partial charge in [-0.25, -0.2) is 9.78 Å². The number of thiazole rings is 1. The van der Waals surface area contributed by atoms with Gasteiger partial charge in [0.2, 0.25) is 5.01 Å². The van der Waals surface area contributed by atoms with Gasteiger partial charge in [-0.05, 0) is 12.1 Å². The van der Waals surface area contributed by atoms with Crippen LogP contribution in [-0.4, -0.2) is 23.2 Å². The Hall–Kier alpha value is -1.53. The number of nitrogens with zero attached hydrogens (tertiary/aromatic N) is 1. The molecule has 0 spiro atoms. The highest BCUT2D eigenvalue weighted by Gasteiger charge is 2.10. The Bertz CT molecular complexity index is 554. The standard InChI is InChI=1S/C12H11NO3S2/c1-16-9-4-2-3-5-10(9)17-6-8-7-18-11(13-8)12(14)15/h2-5,7H,6H2,1H3,(H,14,15). The highest BCUT2D eigenvalue weighted by Crippen LogP contribution is 2.31. The second-order valence-electron chi connectivity index (χ2n) is 3.39. The van der Waals surface area contributed by atoms with Crippen molar-refractivity contribution in [2.24, 2.45) is 0 Å².